The lowest BCUT2D eigenvalue weighted by atomic mass is 10.2. The summed E-state index contributed by atoms with van der Waals surface area (Å²) in [5.41, 5.74) is 1.31. The van der Waals surface area contributed by atoms with E-state index in [-0.39, 0.29) is 0 Å². The number of hydrogen-bond donors (Lipinski definition) is 0. The van der Waals surface area contributed by atoms with Gasteiger partial charge < -0.3 is 4.74 Å². The summed E-state index contributed by atoms with van der Waals surface area (Å²) in [6.07, 6.45) is 1.33. The van der Waals surface area contributed by atoms with Crippen LogP contribution < -0.4 is 0 Å². The molecule has 1 heteroatoms. The molecular formula is C11H15O. The average Bonchev–Trinajstić information content (AvgIpc) is 2.05. The molecule has 1 rings (SSSR count). The Hall–Kier alpha value is -0.820. The molecule has 0 saturated heterocycles. The summed E-state index contributed by atoms with van der Waals surface area (Å²) in [4.78, 5) is 0. The second-order valence-electron chi connectivity index (χ2n) is 3.08. The van der Waals surface area contributed by atoms with Crippen LogP contribution in [0.15, 0.2) is 24.3 Å². The lowest BCUT2D eigenvalue weighted by molar-refractivity contribution is 0.0813. The normalized spacial score (nSPS) is 10.6. The molecule has 0 aliphatic carbocycles. The smallest absolute Gasteiger partial charge is 0.0519 e. The maximum absolute atomic E-state index is 5.44. The highest BCUT2D eigenvalue weighted by atomic mass is 16.5. The van der Waals surface area contributed by atoms with Gasteiger partial charge in [-0.05, 0) is 31.9 Å². The molecule has 1 radical (unpaired) electrons. The molecule has 0 spiro atoms. The van der Waals surface area contributed by atoms with Crippen molar-refractivity contribution < 1.29 is 4.74 Å². The van der Waals surface area contributed by atoms with Crippen LogP contribution in [0.4, 0.5) is 0 Å². The highest BCUT2D eigenvalue weighted by Gasteiger charge is 1.94. The third kappa shape index (κ3) is 3.54. The van der Waals surface area contributed by atoms with Crippen LogP contribution >= 0.6 is 0 Å². The van der Waals surface area contributed by atoms with Gasteiger partial charge in [0.15, 0.2) is 0 Å². The van der Waals surface area contributed by atoms with Gasteiger partial charge in [-0.25, -0.2) is 0 Å². The summed E-state index contributed by atoms with van der Waals surface area (Å²) >= 11 is 0. The highest BCUT2D eigenvalue weighted by molar-refractivity contribution is 5.13. The maximum Gasteiger partial charge on any atom is 0.0519 e. The van der Waals surface area contributed by atoms with E-state index in [4.69, 9.17) is 4.74 Å². The monoisotopic (exact) mass is 163 g/mol. The van der Waals surface area contributed by atoms with Gasteiger partial charge in [0.25, 0.3) is 0 Å². The lowest BCUT2D eigenvalue weighted by Crippen LogP contribution is -2.05. The Balaban J connectivity index is 2.25. The van der Waals surface area contributed by atoms with Crippen molar-refractivity contribution in [3.8, 4) is 0 Å². The first-order chi connectivity index (χ1) is 5.79. The molecule has 65 valence electrons. The molecule has 1 nitrogen and oxygen atoms in total. The summed E-state index contributed by atoms with van der Waals surface area (Å²) < 4.78 is 5.44. The minimum atomic E-state index is 0.334. The molecule has 0 saturated carbocycles. The van der Waals surface area contributed by atoms with Crippen molar-refractivity contribution in [2.45, 2.75) is 26.4 Å². The second kappa shape index (κ2) is 4.94. The van der Waals surface area contributed by atoms with Gasteiger partial charge >= 0.3 is 0 Å². The van der Waals surface area contributed by atoms with Crippen molar-refractivity contribution in [2.24, 2.45) is 0 Å². The molecule has 0 fully saturated rings. The van der Waals surface area contributed by atoms with E-state index < -0.39 is 0 Å². The molecule has 1 aromatic rings. The molecule has 0 aromatic heterocycles. The van der Waals surface area contributed by atoms with E-state index in [2.05, 4.69) is 32.0 Å². The zero-order chi connectivity index (χ0) is 8.81. The first-order valence-electron chi connectivity index (χ1n) is 4.35. The third-order valence-electron chi connectivity index (χ3n) is 1.63. The van der Waals surface area contributed by atoms with Crippen molar-refractivity contribution >= 4 is 0 Å². The van der Waals surface area contributed by atoms with Gasteiger partial charge in [0.2, 0.25) is 0 Å². The van der Waals surface area contributed by atoms with E-state index in [1.807, 2.05) is 12.1 Å². The molecular weight excluding hydrogens is 148 g/mol. The molecule has 0 aliphatic rings. The van der Waals surface area contributed by atoms with E-state index in [0.717, 1.165) is 13.0 Å². The van der Waals surface area contributed by atoms with E-state index in [1.165, 1.54) is 5.56 Å². The fourth-order valence-corrected chi connectivity index (χ4v) is 1.00. The minimum absolute atomic E-state index is 0.334. The number of hydrogen-bond acceptors (Lipinski definition) is 1. The average molecular weight is 163 g/mol. The molecule has 0 atom stereocenters. The van der Waals surface area contributed by atoms with Crippen LogP contribution in [-0.2, 0) is 11.2 Å². The Morgan fingerprint density at radius 3 is 2.58 bits per heavy atom. The van der Waals surface area contributed by atoms with Gasteiger partial charge in [-0.15, -0.1) is 0 Å². The van der Waals surface area contributed by atoms with Crippen LogP contribution in [0.2, 0.25) is 0 Å². The van der Waals surface area contributed by atoms with Gasteiger partial charge in [-0.3, -0.25) is 0 Å². The zero-order valence-electron chi connectivity index (χ0n) is 7.71. The van der Waals surface area contributed by atoms with Gasteiger partial charge in [0, 0.05) is 0 Å². The van der Waals surface area contributed by atoms with Gasteiger partial charge in [-0.2, -0.15) is 0 Å². The molecule has 12 heavy (non-hydrogen) atoms. The van der Waals surface area contributed by atoms with Gasteiger partial charge in [0.05, 0.1) is 12.7 Å². The predicted molar refractivity (Wildman–Crippen MR) is 50.1 cm³/mol. The van der Waals surface area contributed by atoms with Crippen LogP contribution in [0.25, 0.3) is 0 Å². The Kier molecular flexibility index (Phi) is 3.81. The Morgan fingerprint density at radius 2 is 2.00 bits per heavy atom. The van der Waals surface area contributed by atoms with Crippen molar-refractivity contribution in [2.75, 3.05) is 6.61 Å². The van der Waals surface area contributed by atoms with E-state index in [1.54, 1.807) is 0 Å². The largest absolute Gasteiger partial charge is 0.378 e. The standard InChI is InChI=1S/C11H15O/c1-10(2)12-9-8-11-6-4-3-5-7-11/h4-7,10H,8-9H2,1-2H3. The van der Waals surface area contributed by atoms with E-state index >= 15 is 0 Å². The summed E-state index contributed by atoms with van der Waals surface area (Å²) in [5.74, 6) is 0. The molecule has 0 N–H and O–H groups in total. The second-order valence-corrected chi connectivity index (χ2v) is 3.08. The summed E-state index contributed by atoms with van der Waals surface area (Å²) in [5, 5.41) is 0. The van der Waals surface area contributed by atoms with Crippen molar-refractivity contribution in [1.82, 2.24) is 0 Å². The Morgan fingerprint density at radius 1 is 1.33 bits per heavy atom. The van der Waals surface area contributed by atoms with Crippen molar-refractivity contribution in [3.63, 3.8) is 0 Å². The summed E-state index contributed by atoms with van der Waals surface area (Å²) in [6, 6.07) is 11.0. The van der Waals surface area contributed by atoms with Crippen LogP contribution in [0.3, 0.4) is 0 Å². The Bertz CT molecular complexity index is 204. The Labute approximate surface area is 74.4 Å². The minimum Gasteiger partial charge on any atom is -0.378 e. The number of rotatable bonds is 4. The first kappa shape index (κ1) is 9.27. The first-order valence-corrected chi connectivity index (χ1v) is 4.35. The molecule has 0 heterocycles. The van der Waals surface area contributed by atoms with E-state index in [0.29, 0.717) is 6.10 Å². The van der Waals surface area contributed by atoms with E-state index in [9.17, 15) is 0 Å². The van der Waals surface area contributed by atoms with Gasteiger partial charge in [0.1, 0.15) is 0 Å². The van der Waals surface area contributed by atoms with Crippen LogP contribution in [-0.4, -0.2) is 12.7 Å². The van der Waals surface area contributed by atoms with Gasteiger partial charge in [-0.1, -0.05) is 24.3 Å². The van der Waals surface area contributed by atoms with Crippen LogP contribution in [0, 0.1) is 6.07 Å². The predicted octanol–water partition coefficient (Wildman–Crippen LogP) is 2.45. The SMILES string of the molecule is CC(C)OCCc1cc[c]cc1. The van der Waals surface area contributed by atoms with Crippen molar-refractivity contribution in [3.05, 3.63) is 35.9 Å². The third-order valence-corrected chi connectivity index (χ3v) is 1.63. The lowest BCUT2D eigenvalue weighted by Gasteiger charge is -2.06. The van der Waals surface area contributed by atoms with Crippen LogP contribution in [0.5, 0.6) is 0 Å². The molecule has 0 aliphatic heterocycles. The summed E-state index contributed by atoms with van der Waals surface area (Å²) in [7, 11) is 0. The maximum atomic E-state index is 5.44. The summed E-state index contributed by atoms with van der Waals surface area (Å²) in [6.45, 7) is 4.92. The number of ether oxygens (including phenoxy) is 1. The molecule has 0 bridgehead atoms. The van der Waals surface area contributed by atoms with Crippen molar-refractivity contribution in [1.29, 1.82) is 0 Å². The topological polar surface area (TPSA) is 9.23 Å². The zero-order valence-corrected chi connectivity index (χ0v) is 7.71. The number of benzene rings is 1. The fourth-order valence-electron chi connectivity index (χ4n) is 1.00. The molecule has 0 amide bonds. The highest BCUT2D eigenvalue weighted by Crippen LogP contribution is 2.00. The fraction of sp³-hybridized carbons (Fsp3) is 0.455. The quantitative estimate of drug-likeness (QED) is 0.662. The molecule has 0 unspecified atom stereocenters. The van der Waals surface area contributed by atoms with Crippen LogP contribution in [0.1, 0.15) is 19.4 Å². The molecule has 1 aromatic carbocycles.